The second-order valence-electron chi connectivity index (χ2n) is 9.80. The zero-order chi connectivity index (χ0) is 26.6. The van der Waals surface area contributed by atoms with Gasteiger partial charge in [0.25, 0.3) is 5.91 Å². The van der Waals surface area contributed by atoms with E-state index in [1.54, 1.807) is 6.92 Å². The SMILES string of the molecule is Cc1[nH]c(C(=O)N[C@H]2[C@@H]3CN(c4nc(Cc5ccc(-c6ccccc6)cc5)c(C(=O)O)s4)C[C@@H]32)c(Cl)c1Cl.[NaH]. The molecule has 3 N–H and O–H groups in total. The fourth-order valence-electron chi connectivity index (χ4n) is 5.25. The molecule has 1 amide bonds. The third kappa shape index (κ3) is 5.51. The number of piperidine rings is 1. The predicted molar refractivity (Wildman–Crippen MR) is 157 cm³/mol. The zero-order valence-corrected chi connectivity index (χ0v) is 22.7. The number of amides is 1. The molecule has 1 aliphatic heterocycles. The minimum absolute atomic E-state index is 0. The number of aromatic amines is 1. The Kier molecular flexibility index (Phi) is 8.15. The molecular weight excluding hydrogens is 566 g/mol. The summed E-state index contributed by atoms with van der Waals surface area (Å²) in [5, 5.41) is 14.2. The molecule has 39 heavy (non-hydrogen) atoms. The van der Waals surface area contributed by atoms with Gasteiger partial charge in [-0.05, 0) is 23.6 Å². The molecule has 3 heterocycles. The van der Waals surface area contributed by atoms with E-state index >= 15 is 0 Å². The Labute approximate surface area is 261 Å². The number of benzene rings is 2. The van der Waals surface area contributed by atoms with Crippen molar-refractivity contribution in [1.29, 1.82) is 0 Å². The number of aromatic carboxylic acids is 1. The molecular formula is C28H25Cl2N4NaO3S. The molecule has 0 radical (unpaired) electrons. The van der Waals surface area contributed by atoms with Crippen molar-refractivity contribution in [3.63, 3.8) is 0 Å². The van der Waals surface area contributed by atoms with Gasteiger partial charge in [-0.15, -0.1) is 0 Å². The summed E-state index contributed by atoms with van der Waals surface area (Å²) >= 11 is 13.5. The van der Waals surface area contributed by atoms with Crippen LogP contribution in [0.25, 0.3) is 11.1 Å². The van der Waals surface area contributed by atoms with Crippen LogP contribution >= 0.6 is 34.5 Å². The quantitative estimate of drug-likeness (QED) is 0.255. The normalized spacial score (nSPS) is 19.4. The standard InChI is InChI=1S/C28H24Cl2N4O3S.Na.H/c1-14-21(29)22(30)24(31-14)26(35)33-23-18-12-34(13-19(18)23)28-32-20(25(38-28)27(36)37)11-15-7-9-17(10-8-15)16-5-3-2-4-6-16;;/h2-10,18-19,23,31H,11-13H2,1H3,(H,33,35)(H,36,37);;/t18-,19+,23+;;. The van der Waals surface area contributed by atoms with Crippen molar-refractivity contribution in [2.45, 2.75) is 19.4 Å². The van der Waals surface area contributed by atoms with Crippen LogP contribution in [0, 0.1) is 18.8 Å². The van der Waals surface area contributed by atoms with Crippen LogP contribution in [0.15, 0.2) is 54.6 Å². The number of hydrogen-bond acceptors (Lipinski definition) is 5. The number of aryl methyl sites for hydroxylation is 1. The number of thiazole rings is 1. The Balaban J connectivity index is 0.00000308. The van der Waals surface area contributed by atoms with Crippen molar-refractivity contribution in [3.05, 3.63) is 92.2 Å². The van der Waals surface area contributed by atoms with E-state index in [1.165, 1.54) is 11.3 Å². The van der Waals surface area contributed by atoms with E-state index in [1.807, 2.05) is 30.3 Å². The van der Waals surface area contributed by atoms with Gasteiger partial charge in [-0.1, -0.05) is 89.1 Å². The van der Waals surface area contributed by atoms with Crippen molar-refractivity contribution in [3.8, 4) is 11.1 Å². The van der Waals surface area contributed by atoms with Gasteiger partial charge in [0.2, 0.25) is 0 Å². The van der Waals surface area contributed by atoms with E-state index in [0.717, 1.165) is 16.7 Å². The van der Waals surface area contributed by atoms with Crippen LogP contribution < -0.4 is 10.2 Å². The van der Waals surface area contributed by atoms with Gasteiger partial charge in [0.15, 0.2) is 5.13 Å². The molecule has 2 aromatic heterocycles. The molecule has 196 valence electrons. The first-order chi connectivity index (χ1) is 18.3. The van der Waals surface area contributed by atoms with Crippen LogP contribution in [0.2, 0.25) is 10.0 Å². The molecule has 6 rings (SSSR count). The first kappa shape index (κ1) is 28.2. The number of H-pyrrole nitrogens is 1. The summed E-state index contributed by atoms with van der Waals surface area (Å²) in [7, 11) is 0. The monoisotopic (exact) mass is 590 g/mol. The summed E-state index contributed by atoms with van der Waals surface area (Å²) in [6, 6.07) is 18.3. The molecule has 1 saturated heterocycles. The number of carboxylic acid groups (broad SMARTS) is 1. The molecule has 1 saturated carbocycles. The molecule has 2 aliphatic rings. The number of nitrogens with zero attached hydrogens (tertiary/aromatic N) is 2. The Morgan fingerprint density at radius 1 is 1.05 bits per heavy atom. The fourth-order valence-corrected chi connectivity index (χ4v) is 6.60. The number of rotatable bonds is 7. The van der Waals surface area contributed by atoms with E-state index < -0.39 is 5.97 Å². The van der Waals surface area contributed by atoms with Crippen molar-refractivity contribution in [2.75, 3.05) is 18.0 Å². The zero-order valence-electron chi connectivity index (χ0n) is 20.4. The molecule has 4 aromatic rings. The van der Waals surface area contributed by atoms with Gasteiger partial charge in [-0.2, -0.15) is 0 Å². The maximum absolute atomic E-state index is 12.7. The van der Waals surface area contributed by atoms with E-state index in [4.69, 9.17) is 28.2 Å². The number of carbonyl (C=O) groups is 2. The van der Waals surface area contributed by atoms with E-state index in [-0.39, 0.29) is 68.9 Å². The second-order valence-corrected chi connectivity index (χ2v) is 11.5. The second kappa shape index (κ2) is 11.3. The number of hydrogen-bond donors (Lipinski definition) is 3. The van der Waals surface area contributed by atoms with Gasteiger partial charge in [0.05, 0.1) is 15.7 Å². The third-order valence-corrected chi connectivity index (χ3v) is 9.45. The average Bonchev–Trinajstić information content (AvgIpc) is 3.27. The molecule has 2 fully saturated rings. The van der Waals surface area contributed by atoms with Crippen LogP contribution in [0.1, 0.15) is 37.1 Å². The van der Waals surface area contributed by atoms with Gasteiger partial charge >= 0.3 is 35.5 Å². The summed E-state index contributed by atoms with van der Waals surface area (Å²) in [6.45, 7) is 3.19. The average molecular weight is 591 g/mol. The van der Waals surface area contributed by atoms with Gasteiger partial charge in [0.1, 0.15) is 10.6 Å². The molecule has 0 bridgehead atoms. The Bertz CT molecular complexity index is 1530. The van der Waals surface area contributed by atoms with Crippen molar-refractivity contribution in [2.24, 2.45) is 11.8 Å². The molecule has 0 spiro atoms. The van der Waals surface area contributed by atoms with Crippen molar-refractivity contribution in [1.82, 2.24) is 15.3 Å². The molecule has 7 nitrogen and oxygen atoms in total. The number of carboxylic acids is 1. The molecule has 0 unspecified atom stereocenters. The molecule has 2 aromatic carbocycles. The number of carbonyl (C=O) groups excluding carboxylic acids is 1. The van der Waals surface area contributed by atoms with Crippen LogP contribution in [-0.4, -0.2) is 75.6 Å². The number of anilines is 1. The number of aromatic nitrogens is 2. The minimum atomic E-state index is -0.962. The fraction of sp³-hybridized carbons (Fsp3) is 0.250. The molecule has 11 heteroatoms. The third-order valence-electron chi connectivity index (χ3n) is 7.36. The van der Waals surface area contributed by atoms with Crippen LogP contribution in [-0.2, 0) is 6.42 Å². The summed E-state index contributed by atoms with van der Waals surface area (Å²) in [4.78, 5) is 34.8. The van der Waals surface area contributed by atoms with E-state index in [9.17, 15) is 14.7 Å². The van der Waals surface area contributed by atoms with Crippen LogP contribution in [0.4, 0.5) is 5.13 Å². The maximum atomic E-state index is 12.7. The predicted octanol–water partition coefficient (Wildman–Crippen LogP) is 5.26. The van der Waals surface area contributed by atoms with Crippen LogP contribution in [0.5, 0.6) is 0 Å². The first-order valence-corrected chi connectivity index (χ1v) is 13.8. The summed E-state index contributed by atoms with van der Waals surface area (Å²) < 4.78 is 0. The first-order valence-electron chi connectivity index (χ1n) is 12.3. The van der Waals surface area contributed by atoms with E-state index in [0.29, 0.717) is 41.1 Å². The summed E-state index contributed by atoms with van der Waals surface area (Å²) in [6.07, 6.45) is 0.450. The van der Waals surface area contributed by atoms with Gasteiger partial charge < -0.3 is 20.3 Å². The van der Waals surface area contributed by atoms with E-state index in [2.05, 4.69) is 39.5 Å². The van der Waals surface area contributed by atoms with Crippen LogP contribution in [0.3, 0.4) is 0 Å². The summed E-state index contributed by atoms with van der Waals surface area (Å²) in [5.41, 5.74) is 4.77. The van der Waals surface area contributed by atoms with Gasteiger partial charge in [-0.3, -0.25) is 4.79 Å². The number of fused-ring (bicyclic) bond motifs is 1. The molecule has 1 aliphatic carbocycles. The van der Waals surface area contributed by atoms with Crippen molar-refractivity contribution < 1.29 is 14.7 Å². The Morgan fingerprint density at radius 3 is 2.28 bits per heavy atom. The topological polar surface area (TPSA) is 98.3 Å². The number of halogens is 2. The van der Waals surface area contributed by atoms with Crippen molar-refractivity contribution >= 4 is 81.1 Å². The Hall–Kier alpha value is -2.33. The van der Waals surface area contributed by atoms with Gasteiger partial charge in [0, 0.05) is 43.1 Å². The molecule has 3 atom stereocenters. The summed E-state index contributed by atoms with van der Waals surface area (Å²) in [5.74, 6) is -0.652. The van der Waals surface area contributed by atoms with Gasteiger partial charge in [-0.25, -0.2) is 9.78 Å². The number of nitrogens with one attached hydrogen (secondary N) is 2. The Morgan fingerprint density at radius 2 is 1.69 bits per heavy atom.